The molecule has 2 N–H and O–H groups in total. The highest BCUT2D eigenvalue weighted by atomic mass is 19.1. The Morgan fingerprint density at radius 3 is 2.55 bits per heavy atom. The third-order valence-electron chi connectivity index (χ3n) is 4.39. The van der Waals surface area contributed by atoms with E-state index in [4.69, 9.17) is 10.00 Å². The molecule has 3 rings (SSSR count). The van der Waals surface area contributed by atoms with Crippen LogP contribution in [0.5, 0.6) is 5.75 Å². The first-order chi connectivity index (χ1) is 10.2. The number of urea groups is 1. The molecule has 2 amide bonds. The number of ether oxygens (including phenoxy) is 1. The Morgan fingerprint density at radius 1 is 1.36 bits per heavy atom. The predicted molar refractivity (Wildman–Crippen MR) is 76.1 cm³/mol. The van der Waals surface area contributed by atoms with Crippen LogP contribution in [0.15, 0.2) is 12.1 Å². The molecule has 0 aliphatic carbocycles. The van der Waals surface area contributed by atoms with Crippen molar-refractivity contribution in [2.45, 2.75) is 32.0 Å². The minimum atomic E-state index is -0.678. The van der Waals surface area contributed by atoms with Crippen molar-refractivity contribution in [3.63, 3.8) is 0 Å². The van der Waals surface area contributed by atoms with Crippen LogP contribution < -0.4 is 20.5 Å². The largest absolute Gasteiger partial charge is 0.495 e. The highest BCUT2D eigenvalue weighted by Crippen LogP contribution is 2.43. The Hall–Kier alpha value is -2.37. The lowest BCUT2D eigenvalue weighted by Crippen LogP contribution is -2.85. The van der Waals surface area contributed by atoms with Gasteiger partial charge in [0.2, 0.25) is 0 Å². The number of nitrogens with one attached hydrogen (secondary N) is 2. The number of rotatable bonds is 2. The van der Waals surface area contributed by atoms with E-state index in [0.29, 0.717) is 0 Å². The van der Waals surface area contributed by atoms with E-state index in [9.17, 15) is 9.18 Å². The summed E-state index contributed by atoms with van der Waals surface area (Å²) in [4.78, 5) is 12.3. The van der Waals surface area contributed by atoms with Crippen molar-refractivity contribution in [1.29, 1.82) is 5.26 Å². The first-order valence-corrected chi connectivity index (χ1v) is 6.73. The molecule has 1 aromatic carbocycles. The molecule has 1 unspecified atom stereocenters. The van der Waals surface area contributed by atoms with E-state index >= 15 is 0 Å². The standard InChI is InChI=1S/C14H16FN5O2/c1-13(2)14(3)17-12(21)19(20(14)18-13)10-6-11(22-4)8(7-16)5-9(10)15/h5-6,18H,1-4H3,(H,17,21). The van der Waals surface area contributed by atoms with Crippen molar-refractivity contribution in [2.24, 2.45) is 0 Å². The number of methoxy groups -OCH3 is 1. The average Bonchev–Trinajstić information content (AvgIpc) is 2.68. The number of amides is 2. The SMILES string of the molecule is COc1cc(N2C(=O)NC3(C)N2NC3(C)C)c(F)cc1C#N. The zero-order valence-electron chi connectivity index (χ0n) is 12.7. The van der Waals surface area contributed by atoms with E-state index < -0.39 is 17.5 Å². The van der Waals surface area contributed by atoms with Crippen molar-refractivity contribution in [3.8, 4) is 11.8 Å². The maximum atomic E-state index is 14.3. The molecule has 2 heterocycles. The van der Waals surface area contributed by atoms with Crippen molar-refractivity contribution in [3.05, 3.63) is 23.5 Å². The van der Waals surface area contributed by atoms with Crippen LogP contribution in [0.3, 0.4) is 0 Å². The summed E-state index contributed by atoms with van der Waals surface area (Å²) in [7, 11) is 1.39. The number of nitriles is 1. The van der Waals surface area contributed by atoms with E-state index in [1.807, 2.05) is 26.8 Å². The third-order valence-corrected chi connectivity index (χ3v) is 4.39. The molecule has 2 aliphatic rings. The molecule has 1 atom stereocenters. The number of carbonyl (C=O) groups is 1. The van der Waals surface area contributed by atoms with Crippen molar-refractivity contribution < 1.29 is 13.9 Å². The minimum absolute atomic E-state index is 0.0140. The van der Waals surface area contributed by atoms with Gasteiger partial charge in [0.15, 0.2) is 0 Å². The minimum Gasteiger partial charge on any atom is -0.495 e. The second-order valence-corrected chi connectivity index (χ2v) is 5.98. The van der Waals surface area contributed by atoms with Crippen LogP contribution in [-0.2, 0) is 0 Å². The molecule has 2 fully saturated rings. The Balaban J connectivity index is 2.06. The first kappa shape index (κ1) is 14.6. The first-order valence-electron chi connectivity index (χ1n) is 6.73. The van der Waals surface area contributed by atoms with Crippen LogP contribution in [0, 0.1) is 17.1 Å². The second-order valence-electron chi connectivity index (χ2n) is 5.98. The zero-order chi connectivity index (χ0) is 16.3. The fourth-order valence-electron chi connectivity index (χ4n) is 2.69. The van der Waals surface area contributed by atoms with Crippen LogP contribution in [0.1, 0.15) is 26.3 Å². The smallest absolute Gasteiger partial charge is 0.339 e. The van der Waals surface area contributed by atoms with Gasteiger partial charge < -0.3 is 10.1 Å². The molecule has 22 heavy (non-hydrogen) atoms. The van der Waals surface area contributed by atoms with E-state index in [1.54, 1.807) is 5.12 Å². The molecule has 116 valence electrons. The highest BCUT2D eigenvalue weighted by molar-refractivity contribution is 5.95. The highest BCUT2D eigenvalue weighted by Gasteiger charge is 2.65. The fourth-order valence-corrected chi connectivity index (χ4v) is 2.69. The fraction of sp³-hybridized carbons (Fsp3) is 0.429. The Morgan fingerprint density at radius 2 is 2.05 bits per heavy atom. The summed E-state index contributed by atoms with van der Waals surface area (Å²) in [5.74, 6) is -0.469. The third kappa shape index (κ3) is 1.63. The van der Waals surface area contributed by atoms with Crippen molar-refractivity contribution in [1.82, 2.24) is 15.9 Å². The number of benzene rings is 1. The van der Waals surface area contributed by atoms with E-state index in [0.717, 1.165) is 6.07 Å². The van der Waals surface area contributed by atoms with Gasteiger partial charge in [-0.2, -0.15) is 5.26 Å². The molecule has 2 aliphatic heterocycles. The lowest BCUT2D eigenvalue weighted by molar-refractivity contribution is -0.143. The number of halogens is 1. The monoisotopic (exact) mass is 305 g/mol. The van der Waals surface area contributed by atoms with Crippen LogP contribution >= 0.6 is 0 Å². The summed E-state index contributed by atoms with van der Waals surface area (Å²) in [5, 5.41) is 14.5. The van der Waals surface area contributed by atoms with Crippen LogP contribution in [-0.4, -0.2) is 29.5 Å². The average molecular weight is 305 g/mol. The predicted octanol–water partition coefficient (Wildman–Crippen LogP) is 1.47. The molecule has 7 nitrogen and oxygen atoms in total. The summed E-state index contributed by atoms with van der Waals surface area (Å²) in [5.41, 5.74) is 2.14. The van der Waals surface area contributed by atoms with Gasteiger partial charge in [-0.3, -0.25) is 0 Å². The quantitative estimate of drug-likeness (QED) is 0.865. The van der Waals surface area contributed by atoms with Gasteiger partial charge in [-0.15, -0.1) is 5.12 Å². The van der Waals surface area contributed by atoms with Gasteiger partial charge in [0, 0.05) is 6.07 Å². The van der Waals surface area contributed by atoms with E-state index in [2.05, 4.69) is 10.7 Å². The number of carbonyl (C=O) groups excluding carboxylic acids is 1. The van der Waals surface area contributed by atoms with Gasteiger partial charge in [0.25, 0.3) is 0 Å². The van der Waals surface area contributed by atoms with Crippen molar-refractivity contribution in [2.75, 3.05) is 12.1 Å². The van der Waals surface area contributed by atoms with Crippen LogP contribution in [0.25, 0.3) is 0 Å². The Bertz CT molecular complexity index is 714. The van der Waals surface area contributed by atoms with Gasteiger partial charge in [-0.05, 0) is 26.8 Å². The van der Waals surface area contributed by atoms with Gasteiger partial charge in [0.05, 0.1) is 18.2 Å². The molecule has 0 bridgehead atoms. The molecule has 1 aromatic rings. The Labute approximate surface area is 127 Å². The normalized spacial score (nSPS) is 26.0. The second kappa shape index (κ2) is 4.32. The molecule has 0 spiro atoms. The summed E-state index contributed by atoms with van der Waals surface area (Å²) in [6.45, 7) is 5.71. The van der Waals surface area contributed by atoms with Gasteiger partial charge in [-0.25, -0.2) is 19.6 Å². The van der Waals surface area contributed by atoms with Gasteiger partial charge in [-0.1, -0.05) is 0 Å². The molecule has 2 saturated heterocycles. The zero-order valence-corrected chi connectivity index (χ0v) is 12.7. The number of anilines is 1. The summed E-state index contributed by atoms with van der Waals surface area (Å²) in [6.07, 6.45) is 0. The summed E-state index contributed by atoms with van der Waals surface area (Å²) >= 11 is 0. The van der Waals surface area contributed by atoms with Gasteiger partial charge in [0.1, 0.15) is 29.0 Å². The molecular formula is C14H16FN5O2. The van der Waals surface area contributed by atoms with Crippen LogP contribution in [0.4, 0.5) is 14.9 Å². The molecule has 0 radical (unpaired) electrons. The van der Waals surface area contributed by atoms with E-state index in [-0.39, 0.29) is 22.5 Å². The number of hydrogen-bond donors (Lipinski definition) is 2. The summed E-state index contributed by atoms with van der Waals surface area (Å²) < 4.78 is 19.4. The topological polar surface area (TPSA) is 80.6 Å². The van der Waals surface area contributed by atoms with E-state index in [1.165, 1.54) is 18.2 Å². The van der Waals surface area contributed by atoms with Crippen LogP contribution in [0.2, 0.25) is 0 Å². The van der Waals surface area contributed by atoms with Gasteiger partial charge >= 0.3 is 6.03 Å². The number of hydrazine groups is 2. The number of nitrogens with zero attached hydrogens (tertiary/aromatic N) is 3. The molecule has 8 heteroatoms. The lowest BCUT2D eigenvalue weighted by Gasteiger charge is -2.58. The Kier molecular flexibility index (Phi) is 2.86. The molecule has 0 saturated carbocycles. The number of fused-ring (bicyclic) bond motifs is 1. The van der Waals surface area contributed by atoms with Crippen molar-refractivity contribution >= 4 is 11.7 Å². The lowest BCUT2D eigenvalue weighted by atomic mass is 9.85. The number of hydrogen-bond acceptors (Lipinski definition) is 5. The maximum Gasteiger partial charge on any atom is 0.339 e. The molecular weight excluding hydrogens is 289 g/mol. The molecule has 0 aromatic heterocycles. The summed E-state index contributed by atoms with van der Waals surface area (Å²) in [6, 6.07) is 3.80. The maximum absolute atomic E-state index is 14.3.